The molecule has 7 heteroatoms. The van der Waals surface area contributed by atoms with Gasteiger partial charge in [-0.25, -0.2) is 9.78 Å². The summed E-state index contributed by atoms with van der Waals surface area (Å²) < 4.78 is 5.38. The number of hydrogen-bond acceptors (Lipinski definition) is 5. The van der Waals surface area contributed by atoms with E-state index >= 15 is 0 Å². The van der Waals surface area contributed by atoms with Gasteiger partial charge in [0.1, 0.15) is 12.3 Å². The highest BCUT2D eigenvalue weighted by molar-refractivity contribution is 7.13. The van der Waals surface area contributed by atoms with Gasteiger partial charge >= 0.3 is 5.97 Å². The molecular formula is C15H16N2O4S. The van der Waals surface area contributed by atoms with Crippen LogP contribution in [0.4, 0.5) is 0 Å². The Morgan fingerprint density at radius 1 is 1.45 bits per heavy atom. The minimum absolute atomic E-state index is 0.0681. The maximum atomic E-state index is 12.4. The van der Waals surface area contributed by atoms with Crippen molar-refractivity contribution in [2.24, 2.45) is 0 Å². The van der Waals surface area contributed by atoms with Crippen molar-refractivity contribution in [3.05, 3.63) is 29.5 Å². The van der Waals surface area contributed by atoms with Gasteiger partial charge in [0.05, 0.1) is 17.0 Å². The van der Waals surface area contributed by atoms with E-state index in [1.807, 2.05) is 17.5 Å². The summed E-state index contributed by atoms with van der Waals surface area (Å²) in [5.41, 5.74) is 0.531. The van der Waals surface area contributed by atoms with E-state index in [1.165, 1.54) is 22.5 Å². The molecule has 0 radical (unpaired) electrons. The molecule has 1 fully saturated rings. The molecule has 6 nitrogen and oxygen atoms in total. The van der Waals surface area contributed by atoms with Crippen LogP contribution in [0.2, 0.25) is 0 Å². The van der Waals surface area contributed by atoms with E-state index in [0.29, 0.717) is 24.6 Å². The first-order valence-corrected chi connectivity index (χ1v) is 8.03. The number of rotatable bonds is 4. The number of oxazole rings is 1. The highest BCUT2D eigenvalue weighted by atomic mass is 32.1. The molecule has 1 saturated heterocycles. The Balaban J connectivity index is 1.70. The van der Waals surface area contributed by atoms with Gasteiger partial charge < -0.3 is 14.4 Å². The van der Waals surface area contributed by atoms with E-state index in [0.717, 1.165) is 17.7 Å². The first kappa shape index (κ1) is 14.8. The highest BCUT2D eigenvalue weighted by Crippen LogP contribution is 2.24. The van der Waals surface area contributed by atoms with Crippen molar-refractivity contribution in [2.45, 2.75) is 31.7 Å². The molecule has 3 rings (SSSR count). The first-order chi connectivity index (χ1) is 10.6. The molecule has 1 aliphatic rings. The maximum Gasteiger partial charge on any atom is 0.326 e. The van der Waals surface area contributed by atoms with Gasteiger partial charge in [0.25, 0.3) is 0 Å². The van der Waals surface area contributed by atoms with Crippen molar-refractivity contribution in [3.63, 3.8) is 0 Å². The summed E-state index contributed by atoms with van der Waals surface area (Å²) in [4.78, 5) is 30.3. The zero-order chi connectivity index (χ0) is 15.5. The van der Waals surface area contributed by atoms with Crippen LogP contribution >= 0.6 is 11.3 Å². The number of carboxylic acid groups (broad SMARTS) is 1. The minimum Gasteiger partial charge on any atom is -0.480 e. The SMILES string of the molecule is O=C(O)C1CCCCN1C(=O)Cc1coc(-c2cccs2)n1. The number of thiophene rings is 1. The van der Waals surface area contributed by atoms with Gasteiger partial charge in [0, 0.05) is 6.54 Å². The number of likely N-dealkylation sites (tertiary alicyclic amines) is 1. The molecule has 1 N–H and O–H groups in total. The van der Waals surface area contributed by atoms with Crippen LogP contribution in [0, 0.1) is 0 Å². The Morgan fingerprint density at radius 2 is 2.32 bits per heavy atom. The normalized spacial score (nSPS) is 18.4. The van der Waals surface area contributed by atoms with Crippen LogP contribution in [-0.4, -0.2) is 39.5 Å². The average Bonchev–Trinajstić information content (AvgIpc) is 3.17. The monoisotopic (exact) mass is 320 g/mol. The molecule has 0 aliphatic carbocycles. The van der Waals surface area contributed by atoms with Crippen LogP contribution < -0.4 is 0 Å². The molecule has 3 heterocycles. The standard InChI is InChI=1S/C15H16N2O4S/c18-13(17-6-2-1-4-11(17)15(19)20)8-10-9-21-14(16-10)12-5-3-7-22-12/h3,5,7,9,11H,1-2,4,6,8H2,(H,19,20). The van der Waals surface area contributed by atoms with E-state index in [1.54, 1.807) is 0 Å². The van der Waals surface area contributed by atoms with E-state index in [4.69, 9.17) is 4.42 Å². The lowest BCUT2D eigenvalue weighted by Crippen LogP contribution is -2.48. The molecule has 0 bridgehead atoms. The zero-order valence-corrected chi connectivity index (χ0v) is 12.7. The predicted molar refractivity (Wildman–Crippen MR) is 80.5 cm³/mol. The quantitative estimate of drug-likeness (QED) is 0.935. The summed E-state index contributed by atoms with van der Waals surface area (Å²) >= 11 is 1.51. The Morgan fingerprint density at radius 3 is 3.05 bits per heavy atom. The second kappa shape index (κ2) is 6.31. The molecule has 116 valence electrons. The maximum absolute atomic E-state index is 12.4. The lowest BCUT2D eigenvalue weighted by Gasteiger charge is -2.32. The summed E-state index contributed by atoms with van der Waals surface area (Å²) in [6.07, 6.45) is 3.73. The number of hydrogen-bond donors (Lipinski definition) is 1. The Kier molecular flexibility index (Phi) is 4.24. The second-order valence-corrected chi connectivity index (χ2v) is 6.18. The predicted octanol–water partition coefficient (Wildman–Crippen LogP) is 2.41. The van der Waals surface area contributed by atoms with Crippen LogP contribution in [0.3, 0.4) is 0 Å². The van der Waals surface area contributed by atoms with Crippen molar-refractivity contribution in [1.82, 2.24) is 9.88 Å². The molecule has 22 heavy (non-hydrogen) atoms. The average molecular weight is 320 g/mol. The van der Waals surface area contributed by atoms with Gasteiger partial charge in [-0.1, -0.05) is 6.07 Å². The van der Waals surface area contributed by atoms with Gasteiger partial charge in [0.2, 0.25) is 11.8 Å². The molecule has 0 spiro atoms. The van der Waals surface area contributed by atoms with Crippen LogP contribution in [0.5, 0.6) is 0 Å². The molecule has 1 aliphatic heterocycles. The third kappa shape index (κ3) is 3.04. The Labute approximate surface area is 131 Å². The number of nitrogens with zero attached hydrogens (tertiary/aromatic N) is 2. The summed E-state index contributed by atoms with van der Waals surface area (Å²) in [7, 11) is 0. The Hall–Kier alpha value is -2.15. The third-order valence-corrected chi connectivity index (χ3v) is 4.58. The Bertz CT molecular complexity index is 665. The van der Waals surface area contributed by atoms with Gasteiger partial charge in [0.15, 0.2) is 0 Å². The largest absolute Gasteiger partial charge is 0.480 e. The molecule has 1 atom stereocenters. The van der Waals surface area contributed by atoms with Crippen molar-refractivity contribution >= 4 is 23.2 Å². The number of carboxylic acids is 1. The number of piperidine rings is 1. The number of amides is 1. The summed E-state index contributed by atoms with van der Waals surface area (Å²) in [6.45, 7) is 0.492. The summed E-state index contributed by atoms with van der Waals surface area (Å²) in [5.74, 6) is -0.656. The van der Waals surface area contributed by atoms with E-state index in [-0.39, 0.29) is 12.3 Å². The molecular weight excluding hydrogens is 304 g/mol. The van der Waals surface area contributed by atoms with Crippen molar-refractivity contribution in [2.75, 3.05) is 6.54 Å². The molecule has 1 amide bonds. The first-order valence-electron chi connectivity index (χ1n) is 7.15. The van der Waals surface area contributed by atoms with Crippen LogP contribution in [0.25, 0.3) is 10.8 Å². The van der Waals surface area contributed by atoms with Gasteiger partial charge in [-0.05, 0) is 30.7 Å². The molecule has 0 aromatic carbocycles. The molecule has 2 aromatic heterocycles. The number of aliphatic carboxylic acids is 1. The van der Waals surface area contributed by atoms with Crippen LogP contribution in [-0.2, 0) is 16.0 Å². The fourth-order valence-corrected chi connectivity index (χ4v) is 3.30. The van der Waals surface area contributed by atoms with Crippen LogP contribution in [0.1, 0.15) is 25.0 Å². The van der Waals surface area contributed by atoms with E-state index in [2.05, 4.69) is 4.98 Å². The minimum atomic E-state index is -0.938. The molecule has 2 aromatic rings. The van der Waals surface area contributed by atoms with Crippen molar-refractivity contribution in [3.8, 4) is 10.8 Å². The summed E-state index contributed by atoms with van der Waals surface area (Å²) in [6, 6.07) is 3.08. The smallest absolute Gasteiger partial charge is 0.326 e. The zero-order valence-electron chi connectivity index (χ0n) is 11.9. The molecule has 1 unspecified atom stereocenters. The summed E-state index contributed by atoms with van der Waals surface area (Å²) in [5, 5.41) is 11.2. The second-order valence-electron chi connectivity index (χ2n) is 5.24. The van der Waals surface area contributed by atoms with E-state index < -0.39 is 12.0 Å². The van der Waals surface area contributed by atoms with Gasteiger partial charge in [-0.3, -0.25) is 4.79 Å². The topological polar surface area (TPSA) is 83.6 Å². The van der Waals surface area contributed by atoms with Crippen molar-refractivity contribution < 1.29 is 19.1 Å². The van der Waals surface area contributed by atoms with Crippen molar-refractivity contribution in [1.29, 1.82) is 0 Å². The fourth-order valence-electron chi connectivity index (χ4n) is 2.64. The number of carbonyl (C=O) groups excluding carboxylic acids is 1. The number of carbonyl (C=O) groups is 2. The lowest BCUT2D eigenvalue weighted by atomic mass is 10.0. The fraction of sp³-hybridized carbons (Fsp3) is 0.400. The van der Waals surface area contributed by atoms with Gasteiger partial charge in [-0.15, -0.1) is 11.3 Å². The number of aromatic nitrogens is 1. The molecule has 0 saturated carbocycles. The highest BCUT2D eigenvalue weighted by Gasteiger charge is 2.32. The van der Waals surface area contributed by atoms with Gasteiger partial charge in [-0.2, -0.15) is 0 Å². The van der Waals surface area contributed by atoms with Crippen LogP contribution in [0.15, 0.2) is 28.2 Å². The third-order valence-electron chi connectivity index (χ3n) is 3.72. The lowest BCUT2D eigenvalue weighted by molar-refractivity contribution is -0.151. The van der Waals surface area contributed by atoms with E-state index in [9.17, 15) is 14.7 Å².